The van der Waals surface area contributed by atoms with E-state index in [2.05, 4.69) is 4.90 Å². The minimum Gasteiger partial charge on any atom is -0.495 e. The van der Waals surface area contributed by atoms with Crippen LogP contribution in [-0.2, 0) is 21.4 Å². The van der Waals surface area contributed by atoms with Crippen LogP contribution in [0.25, 0.3) is 6.08 Å². The fourth-order valence-electron chi connectivity index (χ4n) is 3.64. The van der Waals surface area contributed by atoms with Gasteiger partial charge in [0.05, 0.1) is 7.11 Å². The number of piperidine rings is 1. The minimum atomic E-state index is -3.85. The van der Waals surface area contributed by atoms with Crippen LogP contribution in [0, 0.1) is 0 Å². The summed E-state index contributed by atoms with van der Waals surface area (Å²) in [6.45, 7) is 2.32. The molecule has 0 amide bonds. The predicted molar refractivity (Wildman–Crippen MR) is 121 cm³/mol. The molecule has 2 aromatic rings. The Bertz CT molecular complexity index is 1040. The van der Waals surface area contributed by atoms with Crippen LogP contribution in [0.2, 0.25) is 0 Å². The molecule has 1 aliphatic rings. The van der Waals surface area contributed by atoms with Crippen molar-refractivity contribution in [3.8, 4) is 5.75 Å². The fraction of sp³-hybridized carbons (Fsp3) is 0.348. The topological polar surface area (TPSA) is 87.1 Å². The van der Waals surface area contributed by atoms with Gasteiger partial charge in [0.2, 0.25) is 10.0 Å². The van der Waals surface area contributed by atoms with E-state index >= 15 is 0 Å². The van der Waals surface area contributed by atoms with Crippen LogP contribution in [0.5, 0.6) is 5.75 Å². The molecule has 1 N–H and O–H groups in total. The van der Waals surface area contributed by atoms with E-state index in [1.165, 1.54) is 55.9 Å². The number of benzene rings is 2. The van der Waals surface area contributed by atoms with Crippen molar-refractivity contribution in [3.05, 3.63) is 59.7 Å². The number of hydrogen-bond acceptors (Lipinski definition) is 5. The standard InChI is InChI=1S/C23H28N2O5S/c1-24(17-19-6-10-20(11-7-19)25-14-4-3-5-15-25)31(28,29)22-16-18(9-13-23(26)27)8-12-21(22)30-2/h6-13,16H,3-5,14-15,17H2,1-2H3,(H,26,27)/b13-9+. The second-order valence-corrected chi connectivity index (χ2v) is 9.57. The van der Waals surface area contributed by atoms with E-state index in [1.807, 2.05) is 24.3 Å². The van der Waals surface area contributed by atoms with Gasteiger partial charge in [-0.3, -0.25) is 0 Å². The molecule has 8 heteroatoms. The third kappa shape index (κ3) is 5.65. The second kappa shape index (κ2) is 9.98. The summed E-state index contributed by atoms with van der Waals surface area (Å²) in [5.41, 5.74) is 2.50. The van der Waals surface area contributed by atoms with Crippen molar-refractivity contribution < 1.29 is 23.1 Å². The number of sulfonamides is 1. The predicted octanol–water partition coefficient (Wildman–Crippen LogP) is 3.60. The number of aliphatic carboxylic acids is 1. The molecule has 2 aromatic carbocycles. The Labute approximate surface area is 183 Å². The number of rotatable bonds is 8. The second-order valence-electron chi connectivity index (χ2n) is 7.56. The van der Waals surface area contributed by atoms with Crippen LogP contribution in [-0.4, -0.2) is 51.0 Å². The molecule has 0 atom stereocenters. The zero-order chi connectivity index (χ0) is 22.4. The molecule has 0 spiro atoms. The SMILES string of the molecule is COc1ccc(/C=C/C(=O)O)cc1S(=O)(=O)N(C)Cc1ccc(N2CCCCC2)cc1. The van der Waals surface area contributed by atoms with Gasteiger partial charge in [-0.1, -0.05) is 18.2 Å². The van der Waals surface area contributed by atoms with Crippen LogP contribution in [0.4, 0.5) is 5.69 Å². The average Bonchev–Trinajstić information content (AvgIpc) is 2.78. The van der Waals surface area contributed by atoms with Gasteiger partial charge in [0.25, 0.3) is 0 Å². The van der Waals surface area contributed by atoms with Crippen molar-refractivity contribution in [2.24, 2.45) is 0 Å². The lowest BCUT2D eigenvalue weighted by atomic mass is 10.1. The molecule has 0 unspecified atom stereocenters. The number of carboxylic acid groups (broad SMARTS) is 1. The van der Waals surface area contributed by atoms with E-state index in [0.29, 0.717) is 5.56 Å². The lowest BCUT2D eigenvalue weighted by molar-refractivity contribution is -0.131. The van der Waals surface area contributed by atoms with Crippen molar-refractivity contribution in [3.63, 3.8) is 0 Å². The summed E-state index contributed by atoms with van der Waals surface area (Å²) in [7, 11) is -0.931. The first-order chi connectivity index (χ1) is 14.8. The summed E-state index contributed by atoms with van der Waals surface area (Å²) in [6, 6.07) is 12.5. The maximum absolute atomic E-state index is 13.2. The molecule has 0 aliphatic carbocycles. The number of hydrogen-bond donors (Lipinski definition) is 1. The number of carboxylic acids is 1. The van der Waals surface area contributed by atoms with E-state index in [0.717, 1.165) is 30.4 Å². The minimum absolute atomic E-state index is 0.00465. The molecule has 0 aromatic heterocycles. The Balaban J connectivity index is 1.79. The van der Waals surface area contributed by atoms with Gasteiger partial charge >= 0.3 is 5.97 Å². The van der Waals surface area contributed by atoms with Gasteiger partial charge < -0.3 is 14.7 Å². The third-order valence-corrected chi connectivity index (χ3v) is 7.18. The van der Waals surface area contributed by atoms with E-state index in [-0.39, 0.29) is 17.2 Å². The molecule has 0 saturated carbocycles. The highest BCUT2D eigenvalue weighted by Gasteiger charge is 2.25. The zero-order valence-corrected chi connectivity index (χ0v) is 18.6. The number of carbonyl (C=O) groups is 1. The first kappa shape index (κ1) is 22.8. The highest BCUT2D eigenvalue weighted by molar-refractivity contribution is 7.89. The molecule has 1 fully saturated rings. The number of anilines is 1. The normalized spacial score (nSPS) is 14.9. The maximum Gasteiger partial charge on any atom is 0.328 e. The molecule has 1 saturated heterocycles. The smallest absolute Gasteiger partial charge is 0.328 e. The Morgan fingerprint density at radius 1 is 1.13 bits per heavy atom. The van der Waals surface area contributed by atoms with E-state index < -0.39 is 16.0 Å². The molecule has 0 bridgehead atoms. The van der Waals surface area contributed by atoms with Gasteiger partial charge in [-0.05, 0) is 60.7 Å². The van der Waals surface area contributed by atoms with Gasteiger partial charge in [0, 0.05) is 38.4 Å². The van der Waals surface area contributed by atoms with Gasteiger partial charge in [0.15, 0.2) is 0 Å². The third-order valence-electron chi connectivity index (χ3n) is 5.36. The summed E-state index contributed by atoms with van der Waals surface area (Å²) < 4.78 is 32.9. The molecule has 1 aliphatic heterocycles. The zero-order valence-electron chi connectivity index (χ0n) is 17.8. The van der Waals surface area contributed by atoms with Crippen LogP contribution in [0.15, 0.2) is 53.4 Å². The highest BCUT2D eigenvalue weighted by atomic mass is 32.2. The summed E-state index contributed by atoms with van der Waals surface area (Å²) >= 11 is 0. The average molecular weight is 445 g/mol. The number of nitrogens with zero attached hydrogens (tertiary/aromatic N) is 2. The Hall–Kier alpha value is -2.84. The molecule has 1 heterocycles. The van der Waals surface area contributed by atoms with Crippen LogP contribution < -0.4 is 9.64 Å². The van der Waals surface area contributed by atoms with E-state index in [4.69, 9.17) is 9.84 Å². The van der Waals surface area contributed by atoms with Crippen LogP contribution in [0.3, 0.4) is 0 Å². The molecule has 7 nitrogen and oxygen atoms in total. The van der Waals surface area contributed by atoms with Crippen molar-refractivity contribution in [2.45, 2.75) is 30.7 Å². The Morgan fingerprint density at radius 3 is 2.42 bits per heavy atom. The lowest BCUT2D eigenvalue weighted by Crippen LogP contribution is -2.29. The van der Waals surface area contributed by atoms with E-state index in [1.54, 1.807) is 6.07 Å². The highest BCUT2D eigenvalue weighted by Crippen LogP contribution is 2.29. The Kier molecular flexibility index (Phi) is 7.35. The molecule has 0 radical (unpaired) electrons. The summed E-state index contributed by atoms with van der Waals surface area (Å²) in [5, 5.41) is 8.82. The van der Waals surface area contributed by atoms with Crippen molar-refractivity contribution in [2.75, 3.05) is 32.1 Å². The molecule has 166 valence electrons. The summed E-state index contributed by atoms with van der Waals surface area (Å²) in [4.78, 5) is 13.1. The molecular weight excluding hydrogens is 416 g/mol. The first-order valence-electron chi connectivity index (χ1n) is 10.2. The molecule has 31 heavy (non-hydrogen) atoms. The van der Waals surface area contributed by atoms with Crippen LogP contribution >= 0.6 is 0 Å². The maximum atomic E-state index is 13.2. The van der Waals surface area contributed by atoms with Crippen molar-refractivity contribution in [1.29, 1.82) is 0 Å². The lowest BCUT2D eigenvalue weighted by Gasteiger charge is -2.29. The molecule has 3 rings (SSSR count). The van der Waals surface area contributed by atoms with Gasteiger partial charge in [-0.2, -0.15) is 4.31 Å². The number of methoxy groups -OCH3 is 1. The summed E-state index contributed by atoms with van der Waals surface area (Å²) in [6.07, 6.45) is 5.98. The summed E-state index contributed by atoms with van der Waals surface area (Å²) in [5.74, 6) is -0.898. The molecular formula is C23H28N2O5S. The van der Waals surface area contributed by atoms with Gasteiger partial charge in [-0.15, -0.1) is 0 Å². The van der Waals surface area contributed by atoms with Crippen molar-refractivity contribution >= 4 is 27.8 Å². The van der Waals surface area contributed by atoms with Crippen molar-refractivity contribution in [1.82, 2.24) is 4.31 Å². The van der Waals surface area contributed by atoms with Gasteiger partial charge in [0.1, 0.15) is 10.6 Å². The van der Waals surface area contributed by atoms with E-state index in [9.17, 15) is 13.2 Å². The first-order valence-corrected chi connectivity index (χ1v) is 11.6. The number of ether oxygens (including phenoxy) is 1. The largest absolute Gasteiger partial charge is 0.495 e. The Morgan fingerprint density at radius 2 is 1.81 bits per heavy atom. The monoisotopic (exact) mass is 444 g/mol. The quantitative estimate of drug-likeness (QED) is 0.626. The van der Waals surface area contributed by atoms with Crippen LogP contribution in [0.1, 0.15) is 30.4 Å². The van der Waals surface area contributed by atoms with Gasteiger partial charge in [-0.25, -0.2) is 13.2 Å². The fourth-order valence-corrected chi connectivity index (χ4v) is 4.99.